The van der Waals surface area contributed by atoms with Crippen LogP contribution in [-0.4, -0.2) is 43.5 Å². The summed E-state index contributed by atoms with van der Waals surface area (Å²) in [5.41, 5.74) is 0. The predicted molar refractivity (Wildman–Crippen MR) is 53.7 cm³/mol. The van der Waals surface area contributed by atoms with Crippen LogP contribution in [0.4, 0.5) is 8.78 Å². The van der Waals surface area contributed by atoms with Crippen LogP contribution in [0.25, 0.3) is 0 Å². The Morgan fingerprint density at radius 1 is 1.43 bits per heavy atom. The lowest BCUT2D eigenvalue weighted by Gasteiger charge is -2.23. The summed E-state index contributed by atoms with van der Waals surface area (Å²) in [6, 6.07) is 0.873. The topological polar surface area (TPSA) is 15.3 Å². The van der Waals surface area contributed by atoms with Crippen LogP contribution in [0.3, 0.4) is 0 Å². The highest BCUT2D eigenvalue weighted by molar-refractivity contribution is 4.85. The number of rotatable bonds is 5. The molecule has 4 heteroatoms. The normalized spacial score (nSPS) is 27.9. The fourth-order valence-electron chi connectivity index (χ4n) is 2.20. The van der Waals surface area contributed by atoms with Crippen molar-refractivity contribution in [2.24, 2.45) is 0 Å². The zero-order valence-corrected chi connectivity index (χ0v) is 8.97. The van der Waals surface area contributed by atoms with E-state index >= 15 is 0 Å². The van der Waals surface area contributed by atoms with E-state index in [-0.39, 0.29) is 6.54 Å². The third-order valence-electron chi connectivity index (χ3n) is 2.95. The lowest BCUT2D eigenvalue weighted by atomic mass is 10.2. The van der Waals surface area contributed by atoms with E-state index < -0.39 is 6.43 Å². The van der Waals surface area contributed by atoms with Crippen molar-refractivity contribution < 1.29 is 8.78 Å². The van der Waals surface area contributed by atoms with Crippen molar-refractivity contribution in [1.82, 2.24) is 10.2 Å². The Morgan fingerprint density at radius 2 is 2.14 bits per heavy atom. The van der Waals surface area contributed by atoms with E-state index in [2.05, 4.69) is 12.2 Å². The smallest absolute Gasteiger partial charge is 0.251 e. The zero-order valence-electron chi connectivity index (χ0n) is 8.97. The number of hydrogen-bond acceptors (Lipinski definition) is 2. The van der Waals surface area contributed by atoms with Crippen LogP contribution in [0.15, 0.2) is 0 Å². The number of alkyl halides is 2. The van der Waals surface area contributed by atoms with Crippen LogP contribution in [-0.2, 0) is 0 Å². The highest BCUT2D eigenvalue weighted by Crippen LogP contribution is 2.23. The Hall–Kier alpha value is -0.220. The van der Waals surface area contributed by atoms with Crippen molar-refractivity contribution in [3.05, 3.63) is 0 Å². The monoisotopic (exact) mass is 206 g/mol. The Bertz CT molecular complexity index is 164. The summed E-state index contributed by atoms with van der Waals surface area (Å²) in [5, 5.41) is 3.37. The fourth-order valence-corrected chi connectivity index (χ4v) is 2.20. The Morgan fingerprint density at radius 3 is 2.71 bits per heavy atom. The summed E-state index contributed by atoms with van der Waals surface area (Å²) in [5.74, 6) is 0. The van der Waals surface area contributed by atoms with Gasteiger partial charge >= 0.3 is 0 Å². The van der Waals surface area contributed by atoms with E-state index in [4.69, 9.17) is 0 Å². The Kier molecular flexibility index (Phi) is 4.75. The van der Waals surface area contributed by atoms with Crippen molar-refractivity contribution in [1.29, 1.82) is 0 Å². The van der Waals surface area contributed by atoms with Gasteiger partial charge in [-0.1, -0.05) is 6.92 Å². The minimum absolute atomic E-state index is 0.0937. The second-order valence-electron chi connectivity index (χ2n) is 4.05. The van der Waals surface area contributed by atoms with Gasteiger partial charge in [0, 0.05) is 12.1 Å². The summed E-state index contributed by atoms with van der Waals surface area (Å²) in [4.78, 5) is 1.79. The van der Waals surface area contributed by atoms with Gasteiger partial charge in [-0.3, -0.25) is 4.90 Å². The van der Waals surface area contributed by atoms with Crippen LogP contribution in [0, 0.1) is 0 Å². The van der Waals surface area contributed by atoms with E-state index in [1.54, 1.807) is 11.9 Å². The molecule has 0 heterocycles. The van der Waals surface area contributed by atoms with Gasteiger partial charge in [-0.25, -0.2) is 8.78 Å². The van der Waals surface area contributed by atoms with Gasteiger partial charge in [-0.15, -0.1) is 0 Å². The van der Waals surface area contributed by atoms with Crippen LogP contribution in [0.1, 0.15) is 26.2 Å². The SMILES string of the molecule is CCNC1CCC(N(C)CC(F)F)C1. The van der Waals surface area contributed by atoms with E-state index in [1.807, 2.05) is 0 Å². The standard InChI is InChI=1S/C10H20F2N2/c1-3-13-8-4-5-9(6-8)14(2)7-10(11)12/h8-10,13H,3-7H2,1-2H3. The summed E-state index contributed by atoms with van der Waals surface area (Å²) in [6.07, 6.45) is 0.961. The van der Waals surface area contributed by atoms with Gasteiger partial charge in [-0.05, 0) is 32.9 Å². The molecule has 1 aliphatic carbocycles. The summed E-state index contributed by atoms with van der Waals surface area (Å²) < 4.78 is 24.3. The number of halogens is 2. The first kappa shape index (κ1) is 11.9. The molecule has 0 radical (unpaired) electrons. The van der Waals surface area contributed by atoms with E-state index in [0.717, 1.165) is 25.8 Å². The molecule has 1 N–H and O–H groups in total. The average Bonchev–Trinajstić information content (AvgIpc) is 2.52. The quantitative estimate of drug-likeness (QED) is 0.736. The molecule has 0 saturated heterocycles. The molecule has 0 aromatic heterocycles. The molecular formula is C10H20F2N2. The van der Waals surface area contributed by atoms with Gasteiger partial charge < -0.3 is 5.32 Å². The maximum atomic E-state index is 12.1. The van der Waals surface area contributed by atoms with Crippen LogP contribution in [0.2, 0.25) is 0 Å². The zero-order chi connectivity index (χ0) is 10.6. The molecule has 0 aromatic rings. The van der Waals surface area contributed by atoms with Gasteiger partial charge in [0.05, 0.1) is 6.54 Å². The number of nitrogens with zero attached hydrogens (tertiary/aromatic N) is 1. The van der Waals surface area contributed by atoms with Crippen LogP contribution >= 0.6 is 0 Å². The second-order valence-corrected chi connectivity index (χ2v) is 4.05. The molecular weight excluding hydrogens is 186 g/mol. The molecule has 1 aliphatic rings. The molecule has 1 fully saturated rings. The van der Waals surface area contributed by atoms with Crippen molar-refractivity contribution in [3.8, 4) is 0 Å². The molecule has 0 spiro atoms. The molecule has 1 saturated carbocycles. The van der Waals surface area contributed by atoms with Crippen LogP contribution < -0.4 is 5.32 Å². The molecule has 0 bridgehead atoms. The molecule has 2 nitrogen and oxygen atoms in total. The molecule has 84 valence electrons. The summed E-state index contributed by atoms with van der Waals surface area (Å²) in [6.45, 7) is 2.95. The number of hydrogen-bond donors (Lipinski definition) is 1. The first-order valence-electron chi connectivity index (χ1n) is 5.35. The minimum atomic E-state index is -2.21. The molecule has 0 amide bonds. The largest absolute Gasteiger partial charge is 0.314 e. The average molecular weight is 206 g/mol. The third kappa shape index (κ3) is 3.50. The predicted octanol–water partition coefficient (Wildman–Crippen LogP) is 1.71. The Labute approximate surface area is 84.7 Å². The van der Waals surface area contributed by atoms with Gasteiger partial charge in [0.25, 0.3) is 6.43 Å². The lowest BCUT2D eigenvalue weighted by molar-refractivity contribution is 0.0814. The van der Waals surface area contributed by atoms with Crippen LogP contribution in [0.5, 0.6) is 0 Å². The molecule has 2 atom stereocenters. The van der Waals surface area contributed by atoms with E-state index in [1.165, 1.54) is 0 Å². The van der Waals surface area contributed by atoms with E-state index in [9.17, 15) is 8.78 Å². The highest BCUT2D eigenvalue weighted by atomic mass is 19.3. The fraction of sp³-hybridized carbons (Fsp3) is 1.00. The second kappa shape index (κ2) is 5.61. The van der Waals surface area contributed by atoms with Gasteiger partial charge in [0.15, 0.2) is 0 Å². The lowest BCUT2D eigenvalue weighted by Crippen LogP contribution is -2.35. The molecule has 1 rings (SSSR count). The van der Waals surface area contributed by atoms with Crippen molar-refractivity contribution in [2.75, 3.05) is 20.1 Å². The summed E-state index contributed by atoms with van der Waals surface area (Å²) >= 11 is 0. The molecule has 14 heavy (non-hydrogen) atoms. The van der Waals surface area contributed by atoms with E-state index in [0.29, 0.717) is 12.1 Å². The van der Waals surface area contributed by atoms with Crippen molar-refractivity contribution in [2.45, 2.75) is 44.7 Å². The maximum absolute atomic E-state index is 12.1. The molecule has 2 unspecified atom stereocenters. The van der Waals surface area contributed by atoms with Crippen molar-refractivity contribution in [3.63, 3.8) is 0 Å². The van der Waals surface area contributed by atoms with Crippen molar-refractivity contribution >= 4 is 0 Å². The number of nitrogens with one attached hydrogen (secondary N) is 1. The van der Waals surface area contributed by atoms with Gasteiger partial charge in [0.2, 0.25) is 0 Å². The maximum Gasteiger partial charge on any atom is 0.251 e. The first-order valence-corrected chi connectivity index (χ1v) is 5.35. The van der Waals surface area contributed by atoms with Gasteiger partial charge in [-0.2, -0.15) is 0 Å². The minimum Gasteiger partial charge on any atom is -0.314 e. The third-order valence-corrected chi connectivity index (χ3v) is 2.95. The highest BCUT2D eigenvalue weighted by Gasteiger charge is 2.27. The molecule has 0 aliphatic heterocycles. The van der Waals surface area contributed by atoms with Gasteiger partial charge in [0.1, 0.15) is 0 Å². The first-order chi connectivity index (χ1) is 6.63. The Balaban J connectivity index is 2.26. The molecule has 0 aromatic carbocycles. The summed E-state index contributed by atoms with van der Waals surface area (Å²) in [7, 11) is 1.80.